The molecule has 0 atom stereocenters. The van der Waals surface area contributed by atoms with E-state index < -0.39 is 0 Å². The van der Waals surface area contributed by atoms with Crippen LogP contribution in [0.3, 0.4) is 0 Å². The lowest BCUT2D eigenvalue weighted by molar-refractivity contribution is 1.33. The van der Waals surface area contributed by atoms with Crippen molar-refractivity contribution in [1.82, 2.24) is 4.98 Å². The summed E-state index contributed by atoms with van der Waals surface area (Å²) in [5.41, 5.74) is 0.748. The van der Waals surface area contributed by atoms with E-state index >= 15 is 0 Å². The van der Waals surface area contributed by atoms with Gasteiger partial charge in [-0.15, -0.1) is 17.8 Å². The molecule has 0 unspecified atom stereocenters. The number of hydrogen-bond donors (Lipinski definition) is 0. The van der Waals surface area contributed by atoms with E-state index in [1.54, 1.807) is 17.5 Å². The summed E-state index contributed by atoms with van der Waals surface area (Å²) in [6.45, 7) is 0. The van der Waals surface area contributed by atoms with Crippen LogP contribution < -0.4 is 0 Å². The molecule has 2 aromatic heterocycles. The van der Waals surface area contributed by atoms with Gasteiger partial charge in [-0.3, -0.25) is 0 Å². The summed E-state index contributed by atoms with van der Waals surface area (Å²) in [7, 11) is 0. The van der Waals surface area contributed by atoms with E-state index in [4.69, 9.17) is 6.42 Å². The Kier molecular flexibility index (Phi) is 1.38. The predicted molar refractivity (Wildman–Crippen MR) is 47.6 cm³/mol. The second-order valence-electron chi connectivity index (χ2n) is 2.14. The molecular weight excluding hydrogens is 154 g/mol. The molecule has 11 heavy (non-hydrogen) atoms. The maximum Gasteiger partial charge on any atom is 0.130 e. The average molecular weight is 159 g/mol. The van der Waals surface area contributed by atoms with Gasteiger partial charge in [0.05, 0.1) is 4.70 Å². The minimum atomic E-state index is 0.748. The molecule has 0 aliphatic carbocycles. The molecule has 0 amide bonds. The Labute approximate surface area is 68.7 Å². The van der Waals surface area contributed by atoms with Gasteiger partial charge in [0.15, 0.2) is 0 Å². The van der Waals surface area contributed by atoms with Gasteiger partial charge >= 0.3 is 0 Å². The van der Waals surface area contributed by atoms with Crippen LogP contribution in [0.4, 0.5) is 0 Å². The number of fused-ring (bicyclic) bond motifs is 1. The van der Waals surface area contributed by atoms with Crippen molar-refractivity contribution < 1.29 is 0 Å². The van der Waals surface area contributed by atoms with E-state index in [2.05, 4.69) is 10.9 Å². The molecular formula is C9H5NS. The Morgan fingerprint density at radius 1 is 1.45 bits per heavy atom. The molecule has 0 bridgehead atoms. The maximum absolute atomic E-state index is 5.27. The SMILES string of the molecule is C#Cc1nccc2ccsc12. The Morgan fingerprint density at radius 3 is 3.18 bits per heavy atom. The summed E-state index contributed by atoms with van der Waals surface area (Å²) in [6, 6.07) is 4.01. The number of terminal acetylenes is 1. The fraction of sp³-hybridized carbons (Fsp3) is 0. The lowest BCUT2D eigenvalue weighted by Crippen LogP contribution is -1.78. The average Bonchev–Trinajstić information content (AvgIpc) is 2.50. The highest BCUT2D eigenvalue weighted by Gasteiger charge is 1.98. The van der Waals surface area contributed by atoms with Gasteiger partial charge < -0.3 is 0 Å². The molecule has 0 saturated carbocycles. The molecule has 0 aromatic carbocycles. The van der Waals surface area contributed by atoms with Gasteiger partial charge in [-0.2, -0.15) is 0 Å². The van der Waals surface area contributed by atoms with E-state index in [-0.39, 0.29) is 0 Å². The first-order valence-corrected chi connectivity index (χ1v) is 4.08. The van der Waals surface area contributed by atoms with Gasteiger partial charge in [0.2, 0.25) is 0 Å². The highest BCUT2D eigenvalue weighted by Crippen LogP contribution is 2.21. The third-order valence-electron chi connectivity index (χ3n) is 1.51. The van der Waals surface area contributed by atoms with Gasteiger partial charge in [-0.25, -0.2) is 4.98 Å². The van der Waals surface area contributed by atoms with E-state index in [0.29, 0.717) is 0 Å². The number of thiophene rings is 1. The lowest BCUT2D eigenvalue weighted by Gasteiger charge is -1.90. The van der Waals surface area contributed by atoms with Crippen molar-refractivity contribution in [3.63, 3.8) is 0 Å². The van der Waals surface area contributed by atoms with Gasteiger partial charge in [-0.05, 0) is 28.8 Å². The van der Waals surface area contributed by atoms with Crippen molar-refractivity contribution >= 4 is 21.4 Å². The zero-order valence-corrected chi connectivity index (χ0v) is 6.56. The monoisotopic (exact) mass is 159 g/mol. The maximum atomic E-state index is 5.27. The zero-order chi connectivity index (χ0) is 7.68. The van der Waals surface area contributed by atoms with Crippen LogP contribution in [-0.2, 0) is 0 Å². The molecule has 2 aromatic rings. The Morgan fingerprint density at radius 2 is 2.36 bits per heavy atom. The molecule has 2 heterocycles. The largest absolute Gasteiger partial charge is 0.246 e. The Bertz CT molecular complexity index is 422. The molecule has 0 spiro atoms. The van der Waals surface area contributed by atoms with Gasteiger partial charge in [0, 0.05) is 6.20 Å². The third-order valence-corrected chi connectivity index (χ3v) is 2.44. The van der Waals surface area contributed by atoms with Crippen molar-refractivity contribution in [2.75, 3.05) is 0 Å². The van der Waals surface area contributed by atoms with Crippen LogP contribution in [-0.4, -0.2) is 4.98 Å². The summed E-state index contributed by atoms with van der Waals surface area (Å²) in [4.78, 5) is 4.07. The summed E-state index contributed by atoms with van der Waals surface area (Å²) in [5.74, 6) is 2.56. The fourth-order valence-electron chi connectivity index (χ4n) is 0.996. The second kappa shape index (κ2) is 2.37. The third kappa shape index (κ3) is 0.903. The van der Waals surface area contributed by atoms with Gasteiger partial charge in [-0.1, -0.05) is 0 Å². The molecule has 0 saturated heterocycles. The number of aromatic nitrogens is 1. The number of rotatable bonds is 0. The first-order valence-electron chi connectivity index (χ1n) is 3.20. The van der Waals surface area contributed by atoms with Crippen molar-refractivity contribution in [1.29, 1.82) is 0 Å². The molecule has 2 heteroatoms. The van der Waals surface area contributed by atoms with Crippen LogP contribution in [0.2, 0.25) is 0 Å². The smallest absolute Gasteiger partial charge is 0.130 e. The van der Waals surface area contributed by atoms with Crippen LogP contribution in [0.1, 0.15) is 5.69 Å². The zero-order valence-electron chi connectivity index (χ0n) is 5.74. The van der Waals surface area contributed by atoms with E-state index in [1.807, 2.05) is 17.5 Å². The summed E-state index contributed by atoms with van der Waals surface area (Å²) < 4.78 is 1.11. The van der Waals surface area contributed by atoms with Gasteiger partial charge in [0.25, 0.3) is 0 Å². The molecule has 0 radical (unpaired) electrons. The van der Waals surface area contributed by atoms with Crippen molar-refractivity contribution in [3.05, 3.63) is 29.4 Å². The van der Waals surface area contributed by atoms with Crippen LogP contribution in [0.5, 0.6) is 0 Å². The predicted octanol–water partition coefficient (Wildman–Crippen LogP) is 2.28. The van der Waals surface area contributed by atoms with Crippen LogP contribution in [0.15, 0.2) is 23.7 Å². The number of hydrogen-bond acceptors (Lipinski definition) is 2. The second-order valence-corrected chi connectivity index (χ2v) is 3.06. The van der Waals surface area contributed by atoms with Crippen LogP contribution >= 0.6 is 11.3 Å². The molecule has 0 N–H and O–H groups in total. The molecule has 0 aliphatic heterocycles. The molecule has 2 rings (SSSR count). The van der Waals surface area contributed by atoms with E-state index in [9.17, 15) is 0 Å². The van der Waals surface area contributed by atoms with Crippen LogP contribution in [0.25, 0.3) is 10.1 Å². The standard InChI is InChI=1S/C9H5NS/c1-2-8-9-7(3-5-10-8)4-6-11-9/h1,3-6H. The Balaban J connectivity index is 2.92. The first kappa shape index (κ1) is 6.38. The normalized spacial score (nSPS) is 9.73. The van der Waals surface area contributed by atoms with Crippen LogP contribution in [0, 0.1) is 12.3 Å². The minimum Gasteiger partial charge on any atom is -0.246 e. The summed E-state index contributed by atoms with van der Waals surface area (Å²) in [6.07, 6.45) is 7.01. The quantitative estimate of drug-likeness (QED) is 0.537. The van der Waals surface area contributed by atoms with E-state index in [1.165, 1.54) is 5.39 Å². The first-order chi connectivity index (χ1) is 5.42. The number of pyridine rings is 1. The van der Waals surface area contributed by atoms with E-state index in [0.717, 1.165) is 10.4 Å². The summed E-state index contributed by atoms with van der Waals surface area (Å²) in [5, 5.41) is 3.20. The highest BCUT2D eigenvalue weighted by molar-refractivity contribution is 7.17. The molecule has 52 valence electrons. The molecule has 1 nitrogen and oxygen atoms in total. The van der Waals surface area contributed by atoms with Crippen molar-refractivity contribution in [2.24, 2.45) is 0 Å². The molecule has 0 fully saturated rings. The highest BCUT2D eigenvalue weighted by atomic mass is 32.1. The minimum absolute atomic E-state index is 0.748. The van der Waals surface area contributed by atoms with Crippen molar-refractivity contribution in [3.8, 4) is 12.3 Å². The lowest BCUT2D eigenvalue weighted by atomic mass is 10.3. The summed E-state index contributed by atoms with van der Waals surface area (Å²) >= 11 is 1.63. The van der Waals surface area contributed by atoms with Crippen molar-refractivity contribution in [2.45, 2.75) is 0 Å². The Hall–Kier alpha value is -1.33. The number of nitrogens with zero attached hydrogens (tertiary/aromatic N) is 1. The van der Waals surface area contributed by atoms with Gasteiger partial charge in [0.1, 0.15) is 5.69 Å². The molecule has 0 aliphatic rings. The fourth-order valence-corrected chi connectivity index (χ4v) is 1.84. The topological polar surface area (TPSA) is 12.9 Å².